The van der Waals surface area contributed by atoms with Gasteiger partial charge < -0.3 is 14.4 Å². The number of fused-ring (bicyclic) bond motifs is 1. The van der Waals surface area contributed by atoms with Crippen LogP contribution in [-0.2, 0) is 16.1 Å². The zero-order valence-electron chi connectivity index (χ0n) is 10.6. The van der Waals surface area contributed by atoms with Crippen LogP contribution in [0.4, 0.5) is 0 Å². The van der Waals surface area contributed by atoms with Crippen molar-refractivity contribution in [2.75, 3.05) is 12.9 Å². The fourth-order valence-corrected chi connectivity index (χ4v) is 2.13. The van der Waals surface area contributed by atoms with Crippen molar-refractivity contribution in [3.63, 3.8) is 0 Å². The molecule has 19 heavy (non-hydrogen) atoms. The number of ether oxygens (including phenoxy) is 1. The molecule has 1 N–H and O–H groups in total. The molecule has 0 amide bonds. The average Bonchev–Trinajstić information content (AvgIpc) is 2.82. The van der Waals surface area contributed by atoms with Gasteiger partial charge in [-0.1, -0.05) is 0 Å². The molecule has 2 heterocycles. The highest BCUT2D eigenvalue weighted by atomic mass is 32.2. The van der Waals surface area contributed by atoms with Crippen LogP contribution in [0, 0.1) is 0 Å². The highest BCUT2D eigenvalue weighted by Gasteiger charge is 2.19. The molecular formula is C11H14N4O3S. The molecule has 0 spiro atoms. The Labute approximate surface area is 114 Å². The van der Waals surface area contributed by atoms with Crippen LogP contribution in [-0.4, -0.2) is 49.6 Å². The van der Waals surface area contributed by atoms with Crippen molar-refractivity contribution in [3.05, 3.63) is 12.7 Å². The number of aliphatic hydroxyl groups excluding tert-OH is 1. The Morgan fingerprint density at radius 3 is 3.00 bits per heavy atom. The van der Waals surface area contributed by atoms with Crippen molar-refractivity contribution in [3.8, 4) is 0 Å². The summed E-state index contributed by atoms with van der Waals surface area (Å²) < 4.78 is 6.36. The molecule has 7 nitrogen and oxygen atoms in total. The van der Waals surface area contributed by atoms with E-state index in [9.17, 15) is 9.90 Å². The Morgan fingerprint density at radius 2 is 2.32 bits per heavy atom. The quantitative estimate of drug-likeness (QED) is 0.484. The van der Waals surface area contributed by atoms with Gasteiger partial charge in [-0.15, -0.1) is 11.8 Å². The van der Waals surface area contributed by atoms with Gasteiger partial charge in [0.2, 0.25) is 0 Å². The maximum absolute atomic E-state index is 11.4. The van der Waals surface area contributed by atoms with E-state index in [1.165, 1.54) is 24.4 Å². The first kappa shape index (κ1) is 13.8. The van der Waals surface area contributed by atoms with Crippen LogP contribution < -0.4 is 0 Å². The van der Waals surface area contributed by atoms with Crippen LogP contribution in [0.15, 0.2) is 17.7 Å². The van der Waals surface area contributed by atoms with Crippen molar-refractivity contribution in [1.82, 2.24) is 19.5 Å². The van der Waals surface area contributed by atoms with Gasteiger partial charge in [-0.2, -0.15) is 0 Å². The second-order valence-corrected chi connectivity index (χ2v) is 4.51. The third-order valence-electron chi connectivity index (χ3n) is 2.49. The van der Waals surface area contributed by atoms with Gasteiger partial charge in [0.05, 0.1) is 19.5 Å². The van der Waals surface area contributed by atoms with Gasteiger partial charge in [0.25, 0.3) is 0 Å². The molecule has 0 unspecified atom stereocenters. The van der Waals surface area contributed by atoms with E-state index >= 15 is 0 Å². The molecule has 1 atom stereocenters. The summed E-state index contributed by atoms with van der Waals surface area (Å²) in [5, 5.41) is 10.5. The molecule has 0 radical (unpaired) electrons. The summed E-state index contributed by atoms with van der Waals surface area (Å²) in [5.74, 6) is -0.650. The van der Waals surface area contributed by atoms with E-state index in [0.29, 0.717) is 11.2 Å². The fraction of sp³-hybridized carbons (Fsp3) is 0.455. The largest absolute Gasteiger partial charge is 0.464 e. The highest BCUT2D eigenvalue weighted by Crippen LogP contribution is 2.20. The maximum Gasteiger partial charge on any atom is 0.336 e. The highest BCUT2D eigenvalue weighted by molar-refractivity contribution is 7.98. The van der Waals surface area contributed by atoms with Crippen LogP contribution >= 0.6 is 11.8 Å². The fourth-order valence-electron chi connectivity index (χ4n) is 1.64. The molecular weight excluding hydrogens is 268 g/mol. The van der Waals surface area contributed by atoms with Gasteiger partial charge in [0.1, 0.15) is 16.9 Å². The lowest BCUT2D eigenvalue weighted by Gasteiger charge is -2.10. The normalized spacial score (nSPS) is 12.6. The second-order valence-electron chi connectivity index (χ2n) is 3.72. The van der Waals surface area contributed by atoms with E-state index in [4.69, 9.17) is 4.74 Å². The Hall–Kier alpha value is -1.67. The zero-order chi connectivity index (χ0) is 13.8. The molecule has 2 rings (SSSR count). The number of carbonyl (C=O) groups is 1. The van der Waals surface area contributed by atoms with Crippen LogP contribution in [0.2, 0.25) is 0 Å². The monoisotopic (exact) mass is 282 g/mol. The van der Waals surface area contributed by atoms with Gasteiger partial charge >= 0.3 is 5.97 Å². The predicted molar refractivity (Wildman–Crippen MR) is 69.7 cm³/mol. The first-order chi connectivity index (χ1) is 9.17. The Morgan fingerprint density at radius 1 is 1.53 bits per heavy atom. The zero-order valence-corrected chi connectivity index (χ0v) is 11.4. The number of esters is 1. The Balaban J connectivity index is 2.24. The van der Waals surface area contributed by atoms with E-state index < -0.39 is 12.1 Å². The molecule has 2 aromatic heterocycles. The first-order valence-electron chi connectivity index (χ1n) is 5.71. The molecule has 0 saturated carbocycles. The van der Waals surface area contributed by atoms with Crippen molar-refractivity contribution in [1.29, 1.82) is 0 Å². The minimum atomic E-state index is -1.23. The maximum atomic E-state index is 11.4. The number of nitrogens with zero attached hydrogens (tertiary/aromatic N) is 4. The van der Waals surface area contributed by atoms with Gasteiger partial charge in [-0.05, 0) is 13.2 Å². The Kier molecular flexibility index (Phi) is 4.33. The van der Waals surface area contributed by atoms with E-state index in [1.807, 2.05) is 6.26 Å². The molecule has 0 aliphatic heterocycles. The summed E-state index contributed by atoms with van der Waals surface area (Å²) in [6, 6.07) is 0. The summed E-state index contributed by atoms with van der Waals surface area (Å²) in [7, 11) is 0. The van der Waals surface area contributed by atoms with E-state index in [2.05, 4.69) is 15.0 Å². The Bertz CT molecular complexity index is 586. The van der Waals surface area contributed by atoms with Crippen LogP contribution in [0.1, 0.15) is 6.92 Å². The summed E-state index contributed by atoms with van der Waals surface area (Å²) in [6.07, 6.45) is 3.63. The van der Waals surface area contributed by atoms with Gasteiger partial charge in [-0.3, -0.25) is 0 Å². The molecule has 0 aromatic carbocycles. The van der Waals surface area contributed by atoms with Gasteiger partial charge in [-0.25, -0.2) is 19.7 Å². The minimum Gasteiger partial charge on any atom is -0.464 e. The van der Waals surface area contributed by atoms with Gasteiger partial charge in [0.15, 0.2) is 11.8 Å². The molecule has 0 bridgehead atoms. The summed E-state index contributed by atoms with van der Waals surface area (Å²) in [4.78, 5) is 23.8. The number of carbonyl (C=O) groups excluding carboxylic acids is 1. The minimum absolute atomic E-state index is 0.0557. The number of aliphatic hydroxyl groups is 1. The van der Waals surface area contributed by atoms with Crippen LogP contribution in [0.25, 0.3) is 11.2 Å². The lowest BCUT2D eigenvalue weighted by Crippen LogP contribution is -2.27. The topological polar surface area (TPSA) is 90.1 Å². The van der Waals surface area contributed by atoms with Crippen molar-refractivity contribution >= 4 is 28.9 Å². The lowest BCUT2D eigenvalue weighted by atomic mass is 10.3. The SMILES string of the molecule is CCOC(=O)[C@H](O)Cn1cnc2c(SC)ncnc21. The summed E-state index contributed by atoms with van der Waals surface area (Å²) in [6.45, 7) is 1.98. The van der Waals surface area contributed by atoms with Gasteiger partial charge in [0, 0.05) is 0 Å². The standard InChI is InChI=1S/C11H14N4O3S/c1-3-18-11(17)7(16)4-15-6-14-8-9(15)12-5-13-10(8)19-2/h5-7,16H,3-4H2,1-2H3/t7-/m1/s1. The second kappa shape index (κ2) is 5.98. The van der Waals surface area contributed by atoms with Crippen LogP contribution in [0.3, 0.4) is 0 Å². The third kappa shape index (κ3) is 2.85. The van der Waals surface area contributed by atoms with E-state index in [-0.39, 0.29) is 13.2 Å². The average molecular weight is 282 g/mol. The molecule has 0 fully saturated rings. The smallest absolute Gasteiger partial charge is 0.336 e. The number of aromatic nitrogens is 4. The summed E-state index contributed by atoms with van der Waals surface area (Å²) in [5.41, 5.74) is 1.24. The molecule has 8 heteroatoms. The van der Waals surface area contributed by atoms with E-state index in [0.717, 1.165) is 5.03 Å². The van der Waals surface area contributed by atoms with E-state index in [1.54, 1.807) is 11.5 Å². The molecule has 0 aliphatic rings. The molecule has 2 aromatic rings. The number of thioether (sulfide) groups is 1. The first-order valence-corrected chi connectivity index (χ1v) is 6.94. The summed E-state index contributed by atoms with van der Waals surface area (Å²) >= 11 is 1.46. The predicted octanol–water partition coefficient (Wildman–Crippen LogP) is 0.472. The number of hydrogen-bond donors (Lipinski definition) is 1. The molecule has 102 valence electrons. The molecule has 0 saturated heterocycles. The van der Waals surface area contributed by atoms with Crippen molar-refractivity contribution in [2.24, 2.45) is 0 Å². The number of hydrogen-bond acceptors (Lipinski definition) is 7. The van der Waals surface area contributed by atoms with Crippen molar-refractivity contribution in [2.45, 2.75) is 24.6 Å². The van der Waals surface area contributed by atoms with Crippen molar-refractivity contribution < 1.29 is 14.6 Å². The lowest BCUT2D eigenvalue weighted by molar-refractivity contribution is -0.153. The third-order valence-corrected chi connectivity index (χ3v) is 3.17. The molecule has 0 aliphatic carbocycles. The van der Waals surface area contributed by atoms with Crippen LogP contribution in [0.5, 0.6) is 0 Å². The number of imidazole rings is 1. The number of rotatable bonds is 5.